The Labute approximate surface area is 245 Å². The monoisotopic (exact) mass is 585 g/mol. The van der Waals surface area contributed by atoms with Gasteiger partial charge in [-0.1, -0.05) is 36.7 Å². The van der Waals surface area contributed by atoms with Crippen molar-refractivity contribution in [1.82, 2.24) is 14.7 Å². The van der Waals surface area contributed by atoms with Crippen molar-refractivity contribution < 1.29 is 18.3 Å². The molecular formula is C31H38ClF2N5O2. The summed E-state index contributed by atoms with van der Waals surface area (Å²) in [7, 11) is 0. The van der Waals surface area contributed by atoms with Gasteiger partial charge in [0.15, 0.2) is 0 Å². The summed E-state index contributed by atoms with van der Waals surface area (Å²) in [4.78, 5) is 19.5. The summed E-state index contributed by atoms with van der Waals surface area (Å²) in [5, 5.41) is 4.85. The molecule has 1 aromatic heterocycles. The van der Waals surface area contributed by atoms with Crippen molar-refractivity contribution in [3.8, 4) is 11.1 Å². The van der Waals surface area contributed by atoms with Gasteiger partial charge in [-0.15, -0.1) is 0 Å². The van der Waals surface area contributed by atoms with Gasteiger partial charge in [0.1, 0.15) is 11.3 Å². The molecule has 3 heterocycles. The number of rotatable bonds is 9. The molecule has 1 unspecified atom stereocenters. The van der Waals surface area contributed by atoms with E-state index in [4.69, 9.17) is 16.3 Å². The van der Waals surface area contributed by atoms with Crippen LogP contribution in [0.25, 0.3) is 11.1 Å². The molecule has 7 nitrogen and oxygen atoms in total. The number of benzene rings is 2. The number of anilines is 2. The third-order valence-electron chi connectivity index (χ3n) is 8.03. The molecule has 0 amide bonds. The summed E-state index contributed by atoms with van der Waals surface area (Å²) in [6.07, 6.45) is 1.00. The molecule has 0 saturated carbocycles. The maximum Gasteiger partial charge on any atom is 0.341 e. The third-order valence-corrected chi connectivity index (χ3v) is 8.27. The van der Waals surface area contributed by atoms with Crippen LogP contribution < -0.4 is 9.80 Å². The topological polar surface area (TPSA) is 53.8 Å². The average molecular weight is 586 g/mol. The van der Waals surface area contributed by atoms with Crippen LogP contribution in [0, 0.1) is 0 Å². The van der Waals surface area contributed by atoms with Gasteiger partial charge in [0, 0.05) is 61.2 Å². The molecule has 3 aromatic rings. The molecule has 0 N–H and O–H groups in total. The molecule has 2 saturated heterocycles. The number of carbonyl (C=O) groups is 1. The van der Waals surface area contributed by atoms with Gasteiger partial charge in [-0.05, 0) is 62.6 Å². The predicted octanol–water partition coefficient (Wildman–Crippen LogP) is 6.69. The molecule has 2 aliphatic rings. The molecule has 2 fully saturated rings. The Kier molecular flexibility index (Phi) is 9.45. The van der Waals surface area contributed by atoms with Crippen LogP contribution in [0.4, 0.5) is 20.2 Å². The first-order valence-electron chi connectivity index (χ1n) is 14.5. The Balaban J connectivity index is 1.37. The van der Waals surface area contributed by atoms with Crippen molar-refractivity contribution in [1.29, 1.82) is 0 Å². The number of ether oxygens (including phenoxy) is 1. The zero-order valence-electron chi connectivity index (χ0n) is 23.7. The van der Waals surface area contributed by atoms with E-state index in [2.05, 4.69) is 51.0 Å². The number of piperidine rings is 1. The van der Waals surface area contributed by atoms with Crippen LogP contribution in [0.15, 0.2) is 48.7 Å². The van der Waals surface area contributed by atoms with Gasteiger partial charge in [-0.25, -0.2) is 13.6 Å². The van der Waals surface area contributed by atoms with Crippen LogP contribution in [-0.4, -0.2) is 73.1 Å². The van der Waals surface area contributed by atoms with E-state index in [1.807, 2.05) is 18.2 Å². The lowest BCUT2D eigenvalue weighted by atomic mass is 9.99. The SMILES string of the molecule is CCCN1CCN(c2ccc(-c3ccc(Cl)cc3N3CCCC(n4ncc(C(=O)OCC)c4C(F)F)C3)cc2)CC1. The second-order valence-corrected chi connectivity index (χ2v) is 11.1. The fourth-order valence-corrected chi connectivity index (χ4v) is 6.19. The number of alkyl halides is 2. The quantitative estimate of drug-likeness (QED) is 0.261. The first-order chi connectivity index (χ1) is 19.9. The maximum absolute atomic E-state index is 14.2. The summed E-state index contributed by atoms with van der Waals surface area (Å²) >= 11 is 6.47. The number of halogens is 3. The molecule has 2 aromatic carbocycles. The number of nitrogens with zero attached hydrogens (tertiary/aromatic N) is 5. The zero-order valence-corrected chi connectivity index (χ0v) is 24.5. The van der Waals surface area contributed by atoms with Gasteiger partial charge >= 0.3 is 5.97 Å². The van der Waals surface area contributed by atoms with E-state index >= 15 is 0 Å². The molecule has 5 rings (SSSR count). The lowest BCUT2D eigenvalue weighted by Gasteiger charge is -2.37. The van der Waals surface area contributed by atoms with Crippen molar-refractivity contribution >= 4 is 28.9 Å². The number of carbonyl (C=O) groups excluding carboxylic acids is 1. The van der Waals surface area contributed by atoms with E-state index in [1.165, 1.54) is 23.0 Å². The number of aromatic nitrogens is 2. The van der Waals surface area contributed by atoms with Crippen LogP contribution >= 0.6 is 11.6 Å². The van der Waals surface area contributed by atoms with Crippen molar-refractivity contribution in [2.24, 2.45) is 0 Å². The van der Waals surface area contributed by atoms with Crippen LogP contribution in [-0.2, 0) is 4.74 Å². The van der Waals surface area contributed by atoms with Crippen LogP contribution in [0.3, 0.4) is 0 Å². The van der Waals surface area contributed by atoms with Crippen molar-refractivity contribution in [2.45, 2.75) is 45.6 Å². The Hall–Kier alpha value is -3.17. The Bertz CT molecular complexity index is 1320. The van der Waals surface area contributed by atoms with Gasteiger partial charge < -0.3 is 14.5 Å². The molecule has 0 radical (unpaired) electrons. The summed E-state index contributed by atoms with van der Waals surface area (Å²) in [6.45, 7) is 10.6. The minimum atomic E-state index is -2.85. The molecule has 41 heavy (non-hydrogen) atoms. The van der Waals surface area contributed by atoms with Crippen LogP contribution in [0.5, 0.6) is 0 Å². The van der Waals surface area contributed by atoms with E-state index in [1.54, 1.807) is 6.92 Å². The summed E-state index contributed by atoms with van der Waals surface area (Å²) in [5.41, 5.74) is 3.73. The van der Waals surface area contributed by atoms with Crippen LogP contribution in [0.1, 0.15) is 61.6 Å². The van der Waals surface area contributed by atoms with Gasteiger partial charge in [0.25, 0.3) is 6.43 Å². The number of esters is 1. The molecule has 0 spiro atoms. The fraction of sp³-hybridized carbons (Fsp3) is 0.484. The Morgan fingerprint density at radius 2 is 1.80 bits per heavy atom. The fourth-order valence-electron chi connectivity index (χ4n) is 6.03. The zero-order chi connectivity index (χ0) is 28.9. The number of piperazine rings is 1. The lowest BCUT2D eigenvalue weighted by molar-refractivity contribution is 0.0512. The first-order valence-corrected chi connectivity index (χ1v) is 14.9. The van der Waals surface area contributed by atoms with Gasteiger partial charge in [0.05, 0.1) is 18.8 Å². The van der Waals surface area contributed by atoms with Gasteiger partial charge in [0.2, 0.25) is 0 Å². The van der Waals surface area contributed by atoms with E-state index in [-0.39, 0.29) is 23.9 Å². The van der Waals surface area contributed by atoms with Crippen molar-refractivity contribution in [3.05, 3.63) is 64.9 Å². The summed E-state index contributed by atoms with van der Waals surface area (Å²) in [6, 6.07) is 14.2. The Morgan fingerprint density at radius 1 is 1.05 bits per heavy atom. The van der Waals surface area contributed by atoms with Gasteiger partial charge in [-0.2, -0.15) is 5.10 Å². The largest absolute Gasteiger partial charge is 0.462 e. The first kappa shape index (κ1) is 29.3. The smallest absolute Gasteiger partial charge is 0.341 e. The highest BCUT2D eigenvalue weighted by atomic mass is 35.5. The van der Waals surface area contributed by atoms with Crippen LogP contribution in [0.2, 0.25) is 5.02 Å². The average Bonchev–Trinajstić information content (AvgIpc) is 3.44. The highest BCUT2D eigenvalue weighted by Gasteiger charge is 2.32. The maximum atomic E-state index is 14.2. The number of hydrogen-bond acceptors (Lipinski definition) is 6. The summed E-state index contributed by atoms with van der Waals surface area (Å²) in [5.74, 6) is -0.773. The van der Waals surface area contributed by atoms with E-state index < -0.39 is 12.4 Å². The molecule has 220 valence electrons. The third kappa shape index (κ3) is 6.51. The van der Waals surface area contributed by atoms with E-state index in [0.717, 1.165) is 62.5 Å². The van der Waals surface area contributed by atoms with Gasteiger partial charge in [-0.3, -0.25) is 9.58 Å². The minimum Gasteiger partial charge on any atom is -0.462 e. The highest BCUT2D eigenvalue weighted by molar-refractivity contribution is 6.31. The normalized spacial score (nSPS) is 18.2. The lowest BCUT2D eigenvalue weighted by Crippen LogP contribution is -2.46. The van der Waals surface area contributed by atoms with E-state index in [0.29, 0.717) is 18.0 Å². The molecule has 0 bridgehead atoms. The number of hydrogen-bond donors (Lipinski definition) is 0. The second-order valence-electron chi connectivity index (χ2n) is 10.7. The van der Waals surface area contributed by atoms with E-state index in [9.17, 15) is 13.6 Å². The Morgan fingerprint density at radius 3 is 2.49 bits per heavy atom. The molecular weight excluding hydrogens is 548 g/mol. The molecule has 2 aliphatic heterocycles. The van der Waals surface area contributed by atoms with Crippen molar-refractivity contribution in [2.75, 3.05) is 62.2 Å². The highest BCUT2D eigenvalue weighted by Crippen LogP contribution is 2.38. The molecule has 1 atom stereocenters. The summed E-state index contributed by atoms with van der Waals surface area (Å²) < 4.78 is 34.6. The van der Waals surface area contributed by atoms with Crippen molar-refractivity contribution in [3.63, 3.8) is 0 Å². The predicted molar refractivity (Wildman–Crippen MR) is 159 cm³/mol. The standard InChI is InChI=1S/C31H38ClF2N5O2/c1-3-13-36-15-17-37(18-16-36)24-10-7-22(8-11-24)26-12-9-23(32)19-28(26)38-14-5-6-25(21-38)39-29(30(33)34)27(20-35-39)31(40)41-4-2/h7-12,19-20,25,30H,3-6,13-18,21H2,1-2H3. The molecule has 10 heteroatoms. The minimum absolute atomic E-state index is 0.109. The second kappa shape index (κ2) is 13.2. The molecule has 0 aliphatic carbocycles.